The molecule has 0 radical (unpaired) electrons. The van der Waals surface area contributed by atoms with Crippen molar-refractivity contribution in [3.63, 3.8) is 0 Å². The van der Waals surface area contributed by atoms with E-state index in [2.05, 4.69) is 10.3 Å². The molecule has 0 spiro atoms. The summed E-state index contributed by atoms with van der Waals surface area (Å²) >= 11 is 1.60. The number of carbonyl (C=O) groups is 3. The molecule has 0 unspecified atom stereocenters. The van der Waals surface area contributed by atoms with Crippen LogP contribution in [0.25, 0.3) is 10.4 Å². The number of β-amino-alcohol motifs (C(OH)–C–C–N with tert-alkyl or cyclic N) is 1. The predicted molar refractivity (Wildman–Crippen MR) is 113 cm³/mol. The molecule has 2 fully saturated rings. The molecule has 2 saturated heterocycles. The second-order valence-corrected chi connectivity index (χ2v) is 8.84. The first-order valence-electron chi connectivity index (χ1n) is 10.2. The lowest BCUT2D eigenvalue weighted by molar-refractivity contribution is -0.139. The maximum absolute atomic E-state index is 12.9. The van der Waals surface area contributed by atoms with Crippen LogP contribution >= 0.6 is 11.3 Å². The van der Waals surface area contributed by atoms with Crippen molar-refractivity contribution in [2.24, 2.45) is 0 Å². The van der Waals surface area contributed by atoms with Crippen molar-refractivity contribution in [3.8, 4) is 10.4 Å². The molecule has 1 aromatic carbocycles. The van der Waals surface area contributed by atoms with E-state index in [1.807, 2.05) is 36.7 Å². The highest BCUT2D eigenvalue weighted by Crippen LogP contribution is 2.28. The summed E-state index contributed by atoms with van der Waals surface area (Å²) in [7, 11) is 0. The lowest BCUT2D eigenvalue weighted by Gasteiger charge is -2.26. The van der Waals surface area contributed by atoms with Crippen molar-refractivity contribution in [1.82, 2.24) is 15.2 Å². The Balaban J connectivity index is 1.37. The molecule has 30 heavy (non-hydrogen) atoms. The molecule has 8 heteroatoms. The fourth-order valence-corrected chi connectivity index (χ4v) is 5.01. The number of aryl methyl sites for hydroxylation is 2. The van der Waals surface area contributed by atoms with Gasteiger partial charge in [0, 0.05) is 25.8 Å². The van der Waals surface area contributed by atoms with Gasteiger partial charge >= 0.3 is 0 Å². The van der Waals surface area contributed by atoms with E-state index in [1.54, 1.807) is 11.3 Å². The van der Waals surface area contributed by atoms with E-state index in [-0.39, 0.29) is 30.6 Å². The summed E-state index contributed by atoms with van der Waals surface area (Å²) in [5.41, 5.74) is 5.00. The molecule has 2 N–H and O–H groups in total. The monoisotopic (exact) mass is 427 g/mol. The quantitative estimate of drug-likeness (QED) is 0.733. The number of aliphatic hydroxyl groups excluding tert-OH is 1. The van der Waals surface area contributed by atoms with Crippen LogP contribution in [0.2, 0.25) is 0 Å². The van der Waals surface area contributed by atoms with Gasteiger partial charge in [-0.05, 0) is 30.9 Å². The van der Waals surface area contributed by atoms with E-state index in [1.165, 1.54) is 4.90 Å². The van der Waals surface area contributed by atoms with Crippen LogP contribution in [0.4, 0.5) is 0 Å². The number of aromatic nitrogens is 1. The highest BCUT2D eigenvalue weighted by atomic mass is 32.1. The van der Waals surface area contributed by atoms with Gasteiger partial charge in [0.05, 0.1) is 28.2 Å². The molecule has 0 aliphatic carbocycles. The molecule has 0 saturated carbocycles. The highest BCUT2D eigenvalue weighted by molar-refractivity contribution is 7.13. The van der Waals surface area contributed by atoms with Gasteiger partial charge in [-0.2, -0.15) is 0 Å². The maximum Gasteiger partial charge on any atom is 0.245 e. The van der Waals surface area contributed by atoms with E-state index >= 15 is 0 Å². The van der Waals surface area contributed by atoms with E-state index < -0.39 is 18.2 Å². The third-order valence-electron chi connectivity index (χ3n) is 5.85. The number of thiazole rings is 1. The second-order valence-electron chi connectivity index (χ2n) is 7.98. The van der Waals surface area contributed by atoms with Crippen LogP contribution in [0.15, 0.2) is 29.8 Å². The number of aliphatic hydroxyl groups is 1. The van der Waals surface area contributed by atoms with Gasteiger partial charge in [0.25, 0.3) is 0 Å². The van der Waals surface area contributed by atoms with Gasteiger partial charge in [0.2, 0.25) is 11.8 Å². The molecule has 2 aliphatic rings. The lowest BCUT2D eigenvalue weighted by atomic mass is 10.00. The van der Waals surface area contributed by atoms with Crippen LogP contribution in [-0.4, -0.2) is 57.3 Å². The minimum Gasteiger partial charge on any atom is -0.391 e. The van der Waals surface area contributed by atoms with Crippen molar-refractivity contribution >= 4 is 28.9 Å². The number of amides is 2. The van der Waals surface area contributed by atoms with Crippen molar-refractivity contribution in [2.45, 2.75) is 57.2 Å². The molecule has 4 rings (SSSR count). The van der Waals surface area contributed by atoms with E-state index in [9.17, 15) is 19.5 Å². The van der Waals surface area contributed by atoms with Gasteiger partial charge in [-0.1, -0.05) is 24.3 Å². The first-order valence-corrected chi connectivity index (χ1v) is 11.1. The molecule has 2 amide bonds. The van der Waals surface area contributed by atoms with Gasteiger partial charge in [0.15, 0.2) is 5.78 Å². The van der Waals surface area contributed by atoms with Gasteiger partial charge < -0.3 is 15.3 Å². The molecule has 158 valence electrons. The van der Waals surface area contributed by atoms with Crippen LogP contribution in [0, 0.1) is 6.92 Å². The standard InChI is InChI=1S/C22H25N3O4S/c1-13-21(30-12-23-13)15-5-2-14(3-6-15)4-8-19(27)18-10-16(26)11-25(18)22(29)17-7-9-20(28)24-17/h2-3,5-6,12,16-18,26H,4,7-11H2,1H3,(H,24,28)/t16-,17+,18+/m1/s1. The number of carbonyl (C=O) groups excluding carboxylic acids is 3. The predicted octanol–water partition coefficient (Wildman–Crippen LogP) is 1.86. The molecule has 3 heterocycles. The Labute approximate surface area is 179 Å². The summed E-state index contributed by atoms with van der Waals surface area (Å²) < 4.78 is 0. The zero-order valence-corrected chi connectivity index (χ0v) is 17.7. The number of hydrogen-bond donors (Lipinski definition) is 2. The number of benzene rings is 1. The first kappa shape index (κ1) is 20.7. The number of nitrogens with zero attached hydrogens (tertiary/aromatic N) is 2. The van der Waals surface area contributed by atoms with Crippen molar-refractivity contribution in [1.29, 1.82) is 0 Å². The van der Waals surface area contributed by atoms with Crippen LogP contribution in [0.5, 0.6) is 0 Å². The maximum atomic E-state index is 12.9. The van der Waals surface area contributed by atoms with Crippen LogP contribution in [0.3, 0.4) is 0 Å². The first-order chi connectivity index (χ1) is 14.4. The van der Waals surface area contributed by atoms with Gasteiger partial charge in [-0.15, -0.1) is 11.3 Å². The minimum absolute atomic E-state index is 0.0494. The van der Waals surface area contributed by atoms with Crippen LogP contribution in [0.1, 0.15) is 36.9 Å². The van der Waals surface area contributed by atoms with Crippen molar-refractivity contribution in [2.75, 3.05) is 6.54 Å². The van der Waals surface area contributed by atoms with Crippen LogP contribution < -0.4 is 5.32 Å². The van der Waals surface area contributed by atoms with E-state index in [0.717, 1.165) is 21.7 Å². The summed E-state index contributed by atoms with van der Waals surface area (Å²) in [5.74, 6) is -0.459. The Bertz CT molecular complexity index is 956. The fraction of sp³-hybridized carbons (Fsp3) is 0.455. The number of hydrogen-bond acceptors (Lipinski definition) is 6. The average molecular weight is 428 g/mol. The summed E-state index contributed by atoms with van der Waals surface area (Å²) in [5, 5.41) is 12.7. The Morgan fingerprint density at radius 3 is 2.70 bits per heavy atom. The molecule has 1 aromatic heterocycles. The second kappa shape index (κ2) is 8.65. The lowest BCUT2D eigenvalue weighted by Crippen LogP contribution is -2.49. The molecule has 2 aliphatic heterocycles. The zero-order chi connectivity index (χ0) is 21.3. The average Bonchev–Trinajstić information content (AvgIpc) is 3.46. The number of likely N-dealkylation sites (tertiary alicyclic amines) is 1. The van der Waals surface area contributed by atoms with Crippen LogP contribution in [-0.2, 0) is 20.8 Å². The Kier molecular flexibility index (Phi) is 5.97. The smallest absolute Gasteiger partial charge is 0.245 e. The number of Topliss-reactive ketones (excluding diaryl/α,β-unsaturated/α-hetero) is 1. The number of nitrogens with one attached hydrogen (secondary N) is 1. The molecule has 3 atom stereocenters. The third-order valence-corrected chi connectivity index (χ3v) is 6.83. The van der Waals surface area contributed by atoms with Crippen molar-refractivity contribution in [3.05, 3.63) is 41.0 Å². The van der Waals surface area contributed by atoms with E-state index in [4.69, 9.17) is 0 Å². The van der Waals surface area contributed by atoms with Gasteiger partial charge in [-0.3, -0.25) is 14.4 Å². The molecular formula is C22H25N3O4S. The van der Waals surface area contributed by atoms with E-state index in [0.29, 0.717) is 25.7 Å². The summed E-state index contributed by atoms with van der Waals surface area (Å²) in [6.45, 7) is 2.13. The topological polar surface area (TPSA) is 99.6 Å². The largest absolute Gasteiger partial charge is 0.391 e. The number of ketones is 1. The summed E-state index contributed by atoms with van der Waals surface area (Å²) in [6.07, 6.45) is 1.20. The molecule has 7 nitrogen and oxygen atoms in total. The summed E-state index contributed by atoms with van der Waals surface area (Å²) in [6, 6.07) is 6.91. The molecular weight excluding hydrogens is 402 g/mol. The normalized spacial score (nSPS) is 23.6. The highest BCUT2D eigenvalue weighted by Gasteiger charge is 2.42. The van der Waals surface area contributed by atoms with Gasteiger partial charge in [-0.25, -0.2) is 4.98 Å². The Morgan fingerprint density at radius 2 is 2.07 bits per heavy atom. The zero-order valence-electron chi connectivity index (χ0n) is 16.8. The SMILES string of the molecule is Cc1ncsc1-c1ccc(CCC(=O)[C@@H]2C[C@@H](O)CN2C(=O)[C@@H]2CCC(=O)N2)cc1. The Hall–Kier alpha value is -2.58. The molecule has 0 bridgehead atoms. The van der Waals surface area contributed by atoms with Gasteiger partial charge in [0.1, 0.15) is 6.04 Å². The van der Waals surface area contributed by atoms with Crippen molar-refractivity contribution < 1.29 is 19.5 Å². The Morgan fingerprint density at radius 1 is 1.30 bits per heavy atom. The fourth-order valence-electron chi connectivity index (χ4n) is 4.20. The number of rotatable bonds is 6. The minimum atomic E-state index is -0.707. The summed E-state index contributed by atoms with van der Waals surface area (Å²) in [4.78, 5) is 43.9. The third kappa shape index (κ3) is 4.29. The molecule has 2 aromatic rings.